The highest BCUT2D eigenvalue weighted by atomic mass is 16.6. The molecule has 1 N–H and O–H groups in total. The lowest BCUT2D eigenvalue weighted by atomic mass is 9.94. The van der Waals surface area contributed by atoms with E-state index in [1.807, 2.05) is 24.3 Å². The lowest BCUT2D eigenvalue weighted by Gasteiger charge is -2.31. The van der Waals surface area contributed by atoms with Crippen molar-refractivity contribution in [2.45, 2.75) is 31.9 Å². The number of fused-ring (bicyclic) bond motifs is 3. The van der Waals surface area contributed by atoms with Crippen molar-refractivity contribution >= 4 is 17.7 Å². The fraction of sp³-hybridized carbons (Fsp3) is 0.429. The molecule has 3 rings (SSSR count). The molecule has 1 aromatic carbocycles. The first-order valence-corrected chi connectivity index (χ1v) is 6.49. The van der Waals surface area contributed by atoms with Gasteiger partial charge in [0.05, 0.1) is 18.3 Å². The van der Waals surface area contributed by atoms with Crippen LogP contribution in [0.1, 0.15) is 18.9 Å². The fourth-order valence-electron chi connectivity index (χ4n) is 2.84. The number of aryl methyl sites for hydroxylation is 1. The Hall–Kier alpha value is -2.04. The first-order valence-electron chi connectivity index (χ1n) is 6.49. The molecule has 1 saturated heterocycles. The molecule has 0 radical (unpaired) electrons. The molecular weight excluding hydrogens is 244 g/mol. The summed E-state index contributed by atoms with van der Waals surface area (Å²) in [6, 6.07) is 7.92. The molecule has 2 amide bonds. The third kappa shape index (κ3) is 2.05. The summed E-state index contributed by atoms with van der Waals surface area (Å²) in [6.45, 7) is 1.84. The first kappa shape index (κ1) is 12.0. The number of rotatable bonds is 2. The highest BCUT2D eigenvalue weighted by Gasteiger charge is 2.44. The molecule has 5 nitrogen and oxygen atoms in total. The van der Waals surface area contributed by atoms with E-state index >= 15 is 0 Å². The van der Waals surface area contributed by atoms with Crippen molar-refractivity contribution in [3.8, 4) is 0 Å². The van der Waals surface area contributed by atoms with E-state index in [1.54, 1.807) is 4.90 Å². The van der Waals surface area contributed by atoms with Crippen LogP contribution in [0.5, 0.6) is 0 Å². The van der Waals surface area contributed by atoms with Crippen LogP contribution in [-0.4, -0.2) is 30.7 Å². The predicted octanol–water partition coefficient (Wildman–Crippen LogP) is 1.46. The van der Waals surface area contributed by atoms with Gasteiger partial charge in [-0.3, -0.25) is 9.69 Å². The summed E-state index contributed by atoms with van der Waals surface area (Å²) in [5.41, 5.74) is 2.12. The minimum atomic E-state index is -0.312. The maximum absolute atomic E-state index is 12.0. The van der Waals surface area contributed by atoms with Crippen LogP contribution in [0.2, 0.25) is 0 Å². The van der Waals surface area contributed by atoms with Crippen molar-refractivity contribution in [2.24, 2.45) is 0 Å². The quantitative estimate of drug-likeness (QED) is 0.875. The molecule has 2 atom stereocenters. The van der Waals surface area contributed by atoms with Gasteiger partial charge in [0, 0.05) is 6.92 Å². The molecule has 2 heterocycles. The molecule has 2 aliphatic rings. The van der Waals surface area contributed by atoms with E-state index in [0.29, 0.717) is 6.54 Å². The summed E-state index contributed by atoms with van der Waals surface area (Å²) in [4.78, 5) is 24.7. The van der Waals surface area contributed by atoms with Gasteiger partial charge >= 0.3 is 6.09 Å². The van der Waals surface area contributed by atoms with Crippen molar-refractivity contribution < 1.29 is 14.3 Å². The van der Waals surface area contributed by atoms with Gasteiger partial charge in [-0.25, -0.2) is 4.79 Å². The standard InChI is InChI=1S/C14H16N2O3/c1-9(17)15-8-13-12-7-6-10-4-2-3-5-11(10)16(12)14(18)19-13/h2-5,12-13H,6-8H2,1H3,(H,15,17)/t12-,13-/m0/s1. The van der Waals surface area contributed by atoms with Gasteiger partial charge in [-0.15, -0.1) is 0 Å². The fourth-order valence-corrected chi connectivity index (χ4v) is 2.84. The van der Waals surface area contributed by atoms with Gasteiger partial charge < -0.3 is 10.1 Å². The van der Waals surface area contributed by atoms with Gasteiger partial charge in [0.1, 0.15) is 6.10 Å². The van der Waals surface area contributed by atoms with Crippen molar-refractivity contribution in [3.63, 3.8) is 0 Å². The number of nitrogens with one attached hydrogen (secondary N) is 1. The van der Waals surface area contributed by atoms with Crippen molar-refractivity contribution in [2.75, 3.05) is 11.4 Å². The molecule has 5 heteroatoms. The summed E-state index contributed by atoms with van der Waals surface area (Å²) in [5.74, 6) is -0.106. The number of anilines is 1. The number of carbonyl (C=O) groups excluding carboxylic acids is 2. The van der Waals surface area contributed by atoms with E-state index in [4.69, 9.17) is 4.74 Å². The number of benzene rings is 1. The van der Waals surface area contributed by atoms with E-state index in [1.165, 1.54) is 12.5 Å². The Bertz CT molecular complexity index is 529. The maximum atomic E-state index is 12.0. The average molecular weight is 260 g/mol. The monoisotopic (exact) mass is 260 g/mol. The van der Waals surface area contributed by atoms with Crippen LogP contribution in [0.4, 0.5) is 10.5 Å². The average Bonchev–Trinajstić information content (AvgIpc) is 2.73. The summed E-state index contributed by atoms with van der Waals surface area (Å²) >= 11 is 0. The van der Waals surface area contributed by atoms with Crippen LogP contribution in [0.25, 0.3) is 0 Å². The van der Waals surface area contributed by atoms with Crippen LogP contribution in [-0.2, 0) is 16.0 Å². The summed E-state index contributed by atoms with van der Waals surface area (Å²) in [5, 5.41) is 2.72. The van der Waals surface area contributed by atoms with Crippen molar-refractivity contribution in [1.82, 2.24) is 5.32 Å². The van der Waals surface area contributed by atoms with E-state index in [0.717, 1.165) is 18.5 Å². The van der Waals surface area contributed by atoms with Gasteiger partial charge in [-0.05, 0) is 24.5 Å². The number of ether oxygens (including phenoxy) is 1. The number of cyclic esters (lactones) is 1. The zero-order valence-electron chi connectivity index (χ0n) is 10.8. The second-order valence-corrected chi connectivity index (χ2v) is 4.96. The van der Waals surface area contributed by atoms with Crippen molar-refractivity contribution in [1.29, 1.82) is 0 Å². The maximum Gasteiger partial charge on any atom is 0.415 e. The Morgan fingerprint density at radius 3 is 3.05 bits per heavy atom. The third-order valence-electron chi connectivity index (χ3n) is 3.72. The first-order chi connectivity index (χ1) is 9.16. The molecule has 0 spiro atoms. The van der Waals surface area contributed by atoms with Gasteiger partial charge in [0.25, 0.3) is 0 Å². The Morgan fingerprint density at radius 1 is 1.47 bits per heavy atom. The molecule has 0 bridgehead atoms. The molecule has 1 fully saturated rings. The Balaban J connectivity index is 1.84. The largest absolute Gasteiger partial charge is 0.442 e. The second-order valence-electron chi connectivity index (χ2n) is 4.96. The molecular formula is C14H16N2O3. The minimum Gasteiger partial charge on any atom is -0.442 e. The Labute approximate surface area is 111 Å². The van der Waals surface area contributed by atoms with Gasteiger partial charge in [-0.1, -0.05) is 18.2 Å². The number of amides is 2. The van der Waals surface area contributed by atoms with Crippen LogP contribution < -0.4 is 10.2 Å². The topological polar surface area (TPSA) is 58.6 Å². The molecule has 19 heavy (non-hydrogen) atoms. The second kappa shape index (κ2) is 4.57. The van der Waals surface area contributed by atoms with E-state index in [2.05, 4.69) is 5.32 Å². The SMILES string of the molecule is CC(=O)NC[C@@H]1OC(=O)N2c3ccccc3CC[C@@H]12. The van der Waals surface area contributed by atoms with E-state index in [9.17, 15) is 9.59 Å². The van der Waals surface area contributed by atoms with Crippen molar-refractivity contribution in [3.05, 3.63) is 29.8 Å². The number of hydrogen-bond acceptors (Lipinski definition) is 3. The molecule has 2 aliphatic heterocycles. The zero-order valence-corrected chi connectivity index (χ0v) is 10.8. The Kier molecular flexibility index (Phi) is 2.89. The molecule has 0 aromatic heterocycles. The van der Waals surface area contributed by atoms with E-state index in [-0.39, 0.29) is 24.1 Å². The molecule has 0 unspecified atom stereocenters. The van der Waals surface area contributed by atoms with Crippen LogP contribution in [0, 0.1) is 0 Å². The van der Waals surface area contributed by atoms with Crippen LogP contribution in [0.3, 0.4) is 0 Å². The lowest BCUT2D eigenvalue weighted by Crippen LogP contribution is -2.44. The van der Waals surface area contributed by atoms with Crippen LogP contribution in [0.15, 0.2) is 24.3 Å². The highest BCUT2D eigenvalue weighted by Crippen LogP contribution is 2.36. The highest BCUT2D eigenvalue weighted by molar-refractivity contribution is 5.92. The molecule has 0 saturated carbocycles. The molecule has 100 valence electrons. The summed E-state index contributed by atoms with van der Waals surface area (Å²) < 4.78 is 5.39. The number of carbonyl (C=O) groups is 2. The number of para-hydroxylation sites is 1. The van der Waals surface area contributed by atoms with E-state index < -0.39 is 0 Å². The Morgan fingerprint density at radius 2 is 2.26 bits per heavy atom. The zero-order chi connectivity index (χ0) is 13.4. The smallest absolute Gasteiger partial charge is 0.415 e. The lowest BCUT2D eigenvalue weighted by molar-refractivity contribution is -0.119. The van der Waals surface area contributed by atoms with Crippen LogP contribution >= 0.6 is 0 Å². The number of nitrogens with zero attached hydrogens (tertiary/aromatic N) is 1. The number of hydrogen-bond donors (Lipinski definition) is 1. The van der Waals surface area contributed by atoms with Gasteiger partial charge in [0.15, 0.2) is 0 Å². The minimum absolute atomic E-state index is 0.0225. The summed E-state index contributed by atoms with van der Waals surface area (Å²) in [6.07, 6.45) is 1.23. The molecule has 0 aliphatic carbocycles. The van der Waals surface area contributed by atoms with Gasteiger partial charge in [-0.2, -0.15) is 0 Å². The predicted molar refractivity (Wildman–Crippen MR) is 70.0 cm³/mol. The van der Waals surface area contributed by atoms with Gasteiger partial charge in [0.2, 0.25) is 5.91 Å². The molecule has 1 aromatic rings. The third-order valence-corrected chi connectivity index (χ3v) is 3.72. The normalized spacial score (nSPS) is 24.5. The summed E-state index contributed by atoms with van der Waals surface area (Å²) in [7, 11) is 0.